The van der Waals surface area contributed by atoms with E-state index in [1.165, 1.54) is 22.0 Å². The molecule has 1 aliphatic heterocycles. The van der Waals surface area contributed by atoms with Crippen LogP contribution in [0, 0.1) is 0 Å². The zero-order valence-corrected chi connectivity index (χ0v) is 23.6. The van der Waals surface area contributed by atoms with Crippen LogP contribution in [0.2, 0.25) is 0 Å². The molecule has 5 nitrogen and oxygen atoms in total. The van der Waals surface area contributed by atoms with Crippen LogP contribution in [0.5, 0.6) is 5.75 Å². The van der Waals surface area contributed by atoms with E-state index in [0.717, 1.165) is 73.4 Å². The van der Waals surface area contributed by atoms with Crippen molar-refractivity contribution >= 4 is 38.6 Å². The van der Waals surface area contributed by atoms with Crippen LogP contribution in [0.15, 0.2) is 71.9 Å². The maximum absolute atomic E-state index is 6.29. The van der Waals surface area contributed by atoms with Crippen LogP contribution in [0.1, 0.15) is 43.5 Å². The summed E-state index contributed by atoms with van der Waals surface area (Å²) in [7, 11) is -0.252. The first kappa shape index (κ1) is 26.2. The number of fused-ring (bicyclic) bond motifs is 2. The highest BCUT2D eigenvalue weighted by Gasteiger charge is 2.26. The fourth-order valence-electron chi connectivity index (χ4n) is 5.22. The lowest BCUT2D eigenvalue weighted by Crippen LogP contribution is -2.35. The lowest BCUT2D eigenvalue weighted by Gasteiger charge is -2.34. The molecule has 38 heavy (non-hydrogen) atoms. The molecular formula is C32H38N4OS. The molecule has 5 rings (SSSR count). The first-order valence-electron chi connectivity index (χ1n) is 13.6. The van der Waals surface area contributed by atoms with Gasteiger partial charge >= 0.3 is 0 Å². The van der Waals surface area contributed by atoms with Gasteiger partial charge in [0.25, 0.3) is 0 Å². The molecule has 0 saturated carbocycles. The summed E-state index contributed by atoms with van der Waals surface area (Å²) in [5, 5.41) is 3.29. The monoisotopic (exact) mass is 526 g/mol. The minimum atomic E-state index is -0.252. The van der Waals surface area contributed by atoms with Gasteiger partial charge in [-0.3, -0.25) is 0 Å². The summed E-state index contributed by atoms with van der Waals surface area (Å²) < 4.78 is 6.29. The molecule has 1 unspecified atom stereocenters. The van der Waals surface area contributed by atoms with Crippen LogP contribution >= 0.6 is 10.5 Å². The van der Waals surface area contributed by atoms with Crippen molar-refractivity contribution < 1.29 is 4.74 Å². The molecule has 0 spiro atoms. The molecule has 0 radical (unpaired) electrons. The van der Waals surface area contributed by atoms with Crippen molar-refractivity contribution in [3.05, 3.63) is 83.6 Å². The highest BCUT2D eigenvalue weighted by Crippen LogP contribution is 2.37. The molecular weight excluding hydrogens is 488 g/mol. The van der Waals surface area contributed by atoms with Gasteiger partial charge in [0.2, 0.25) is 0 Å². The van der Waals surface area contributed by atoms with E-state index in [2.05, 4.69) is 96.4 Å². The Bertz CT molecular complexity index is 1420. The quantitative estimate of drug-likeness (QED) is 0.163. The van der Waals surface area contributed by atoms with E-state index in [4.69, 9.17) is 14.7 Å². The Labute approximate surface area is 229 Å². The number of anilines is 2. The fourth-order valence-corrected chi connectivity index (χ4v) is 5.73. The van der Waals surface area contributed by atoms with Crippen molar-refractivity contribution in [3.63, 3.8) is 0 Å². The molecule has 0 N–H and O–H groups in total. The second kappa shape index (κ2) is 12.0. The Hall–Kier alpha value is -3.38. The normalized spacial score (nSPS) is 13.8. The van der Waals surface area contributed by atoms with E-state index in [1.807, 2.05) is 6.07 Å². The van der Waals surface area contributed by atoms with Crippen molar-refractivity contribution in [2.45, 2.75) is 51.4 Å². The minimum absolute atomic E-state index is 0.252. The molecule has 6 heteroatoms. The van der Waals surface area contributed by atoms with E-state index >= 15 is 0 Å². The predicted molar refractivity (Wildman–Crippen MR) is 163 cm³/mol. The van der Waals surface area contributed by atoms with E-state index in [9.17, 15) is 0 Å². The van der Waals surface area contributed by atoms with Gasteiger partial charge in [0, 0.05) is 42.3 Å². The van der Waals surface area contributed by atoms with E-state index in [-0.39, 0.29) is 10.5 Å². The van der Waals surface area contributed by atoms with Crippen molar-refractivity contribution in [1.82, 2.24) is 9.97 Å². The SMILES string of the molecule is C=S(C)c1nc2c(c(N(CCC)CCC)n1)CCN(c1cc(OCc3ccccc3)cc3ccccc13)C2. The molecule has 4 aromatic rings. The Morgan fingerprint density at radius 1 is 0.974 bits per heavy atom. The lowest BCUT2D eigenvalue weighted by molar-refractivity contribution is 0.306. The third kappa shape index (κ3) is 5.70. The van der Waals surface area contributed by atoms with Gasteiger partial charge in [-0.25, -0.2) is 9.97 Å². The van der Waals surface area contributed by atoms with Gasteiger partial charge in [-0.15, -0.1) is 10.5 Å². The summed E-state index contributed by atoms with van der Waals surface area (Å²) in [4.78, 5) is 15.1. The summed E-state index contributed by atoms with van der Waals surface area (Å²) in [5.74, 6) is 6.30. The molecule has 0 bridgehead atoms. The molecule has 0 aliphatic carbocycles. The summed E-state index contributed by atoms with van der Waals surface area (Å²) in [5.41, 5.74) is 4.80. The Balaban J connectivity index is 1.51. The van der Waals surface area contributed by atoms with Gasteiger partial charge in [-0.1, -0.05) is 74.3 Å². The van der Waals surface area contributed by atoms with Gasteiger partial charge in [-0.2, -0.15) is 0 Å². The highest BCUT2D eigenvalue weighted by molar-refractivity contribution is 8.13. The average molecular weight is 527 g/mol. The molecule has 198 valence electrons. The smallest absolute Gasteiger partial charge is 0.183 e. The van der Waals surface area contributed by atoms with Crippen molar-refractivity contribution in [3.8, 4) is 5.75 Å². The zero-order chi connectivity index (χ0) is 26.5. The predicted octanol–water partition coefficient (Wildman–Crippen LogP) is 7.09. The topological polar surface area (TPSA) is 41.5 Å². The third-order valence-corrected chi connectivity index (χ3v) is 7.83. The Morgan fingerprint density at radius 2 is 1.71 bits per heavy atom. The molecule has 0 saturated heterocycles. The number of hydrogen-bond donors (Lipinski definition) is 0. The third-order valence-electron chi connectivity index (χ3n) is 7.02. The van der Waals surface area contributed by atoms with E-state index in [0.29, 0.717) is 6.61 Å². The van der Waals surface area contributed by atoms with Crippen molar-refractivity contribution in [2.75, 3.05) is 35.7 Å². The van der Waals surface area contributed by atoms with Crippen molar-refractivity contribution in [1.29, 1.82) is 0 Å². The Morgan fingerprint density at radius 3 is 2.45 bits per heavy atom. The number of ether oxygens (including phenoxy) is 1. The number of hydrogen-bond acceptors (Lipinski definition) is 5. The van der Waals surface area contributed by atoms with Gasteiger partial charge in [0.1, 0.15) is 18.2 Å². The van der Waals surface area contributed by atoms with Crippen LogP contribution < -0.4 is 14.5 Å². The van der Waals surface area contributed by atoms with Crippen LogP contribution in [-0.4, -0.2) is 41.7 Å². The van der Waals surface area contributed by atoms with Gasteiger partial charge in [0.15, 0.2) is 5.16 Å². The molecule has 0 fully saturated rings. The lowest BCUT2D eigenvalue weighted by atomic mass is 10.0. The average Bonchev–Trinajstić information content (AvgIpc) is 2.95. The summed E-state index contributed by atoms with van der Waals surface area (Å²) in [6.07, 6.45) is 5.23. The number of benzene rings is 3. The molecule has 1 aliphatic rings. The second-order valence-corrected chi connectivity index (χ2v) is 11.6. The summed E-state index contributed by atoms with van der Waals surface area (Å²) >= 11 is 0. The standard InChI is InChI=1S/C32H38N4OS/c1-5-17-35(18-6-2)31-28-16-19-36(22-29(28)33-32(34-31)38(3)4)30-21-26(20-25-14-10-11-15-27(25)30)37-23-24-12-8-7-9-13-24/h7-15,20-21H,3,5-6,16-19,22-23H2,1-2,4H3. The largest absolute Gasteiger partial charge is 0.489 e. The molecule has 1 atom stereocenters. The first-order valence-corrected chi connectivity index (χ1v) is 15.4. The number of nitrogens with zero attached hydrogens (tertiary/aromatic N) is 4. The second-order valence-electron chi connectivity index (χ2n) is 9.99. The van der Waals surface area contributed by atoms with Crippen molar-refractivity contribution in [2.24, 2.45) is 0 Å². The molecule has 1 aromatic heterocycles. The summed E-state index contributed by atoms with van der Waals surface area (Å²) in [6, 6.07) is 23.3. The number of rotatable bonds is 10. The molecule has 2 heterocycles. The van der Waals surface area contributed by atoms with E-state index in [1.54, 1.807) is 0 Å². The molecule has 0 amide bonds. The number of aromatic nitrogens is 2. The fraction of sp³-hybridized carbons (Fsp3) is 0.344. The van der Waals surface area contributed by atoms with Crippen LogP contribution in [-0.2, 0) is 19.6 Å². The Kier molecular flexibility index (Phi) is 8.28. The van der Waals surface area contributed by atoms with Gasteiger partial charge in [0.05, 0.1) is 12.2 Å². The van der Waals surface area contributed by atoms with E-state index < -0.39 is 0 Å². The van der Waals surface area contributed by atoms with Crippen LogP contribution in [0.4, 0.5) is 11.5 Å². The maximum Gasteiger partial charge on any atom is 0.183 e. The molecule has 3 aromatic carbocycles. The van der Waals surface area contributed by atoms with Gasteiger partial charge < -0.3 is 14.5 Å². The zero-order valence-electron chi connectivity index (χ0n) is 22.8. The minimum Gasteiger partial charge on any atom is -0.489 e. The summed E-state index contributed by atoms with van der Waals surface area (Å²) in [6.45, 7) is 8.73. The highest BCUT2D eigenvalue weighted by atomic mass is 32.2. The van der Waals surface area contributed by atoms with Gasteiger partial charge in [-0.05, 0) is 42.5 Å². The first-order chi connectivity index (χ1) is 18.6. The van der Waals surface area contributed by atoms with Crippen LogP contribution in [0.3, 0.4) is 0 Å². The van der Waals surface area contributed by atoms with Crippen LogP contribution in [0.25, 0.3) is 10.8 Å². The maximum atomic E-state index is 6.29.